The fourth-order valence-corrected chi connectivity index (χ4v) is 7.19. The summed E-state index contributed by atoms with van der Waals surface area (Å²) >= 11 is 0. The Bertz CT molecular complexity index is 1480. The Morgan fingerprint density at radius 3 is 2.35 bits per heavy atom. The number of hydrogen-bond acceptors (Lipinski definition) is 18. The highest BCUT2D eigenvalue weighted by Crippen LogP contribution is 2.61. The molecule has 6 rings (SSSR count). The molecule has 4 aliphatic heterocycles. The molecule has 16 atom stereocenters. The third kappa shape index (κ3) is 7.06. The Kier molecular flexibility index (Phi) is 10.9. The Balaban J connectivity index is 1.15. The number of esters is 2. The maximum atomic E-state index is 12.9. The Morgan fingerprint density at radius 1 is 0.922 bits per heavy atom. The number of phenols is 1. The van der Waals surface area contributed by atoms with Crippen LogP contribution < -0.4 is 4.74 Å². The van der Waals surface area contributed by atoms with E-state index in [1.807, 2.05) is 0 Å². The second kappa shape index (κ2) is 14.9. The molecule has 18 nitrogen and oxygen atoms in total. The summed E-state index contributed by atoms with van der Waals surface area (Å²) in [6.45, 7) is 1.48. The number of epoxide rings is 1. The van der Waals surface area contributed by atoms with Crippen molar-refractivity contribution < 1.29 is 88.0 Å². The first-order valence-electron chi connectivity index (χ1n) is 16.3. The van der Waals surface area contributed by atoms with Crippen molar-refractivity contribution in [2.24, 2.45) is 11.8 Å². The SMILES string of the molecule is COc1cc(C=CC(=O)OC2C(C)OC(OC3C4C=COC(OC5OC(CO)C(O)C(O)C5O)C4C4(CO)OC34)C(O)C2OC(C)=O)ccc1O. The van der Waals surface area contributed by atoms with Crippen molar-refractivity contribution in [3.05, 3.63) is 42.2 Å². The molecule has 51 heavy (non-hydrogen) atoms. The Morgan fingerprint density at radius 2 is 1.67 bits per heavy atom. The molecule has 0 amide bonds. The molecule has 1 aromatic carbocycles. The highest BCUT2D eigenvalue weighted by molar-refractivity contribution is 5.87. The van der Waals surface area contributed by atoms with E-state index >= 15 is 0 Å². The zero-order valence-electron chi connectivity index (χ0n) is 27.7. The van der Waals surface area contributed by atoms with E-state index in [1.165, 1.54) is 38.5 Å². The van der Waals surface area contributed by atoms with Crippen molar-refractivity contribution in [1.82, 2.24) is 0 Å². The van der Waals surface area contributed by atoms with Crippen LogP contribution in [-0.2, 0) is 47.5 Å². The lowest BCUT2D eigenvalue weighted by atomic mass is 9.85. The minimum atomic E-state index is -1.72. The summed E-state index contributed by atoms with van der Waals surface area (Å²) in [5.41, 5.74) is -0.746. The van der Waals surface area contributed by atoms with Crippen molar-refractivity contribution in [3.8, 4) is 11.5 Å². The molecule has 0 radical (unpaired) electrons. The van der Waals surface area contributed by atoms with Crippen LogP contribution in [0, 0.1) is 11.8 Å². The fraction of sp³-hybridized carbons (Fsp3) is 0.636. The highest BCUT2D eigenvalue weighted by atomic mass is 16.8. The number of methoxy groups -OCH3 is 1. The third-order valence-electron chi connectivity index (χ3n) is 9.81. The molecular formula is C33H42O18. The van der Waals surface area contributed by atoms with Crippen molar-refractivity contribution in [1.29, 1.82) is 0 Å². The number of rotatable bonds is 11. The summed E-state index contributed by atoms with van der Waals surface area (Å²) in [5, 5.41) is 72.2. The van der Waals surface area contributed by atoms with Crippen molar-refractivity contribution in [3.63, 3.8) is 0 Å². The van der Waals surface area contributed by atoms with Gasteiger partial charge in [0.05, 0.1) is 44.7 Å². The monoisotopic (exact) mass is 726 g/mol. The van der Waals surface area contributed by atoms with Gasteiger partial charge in [-0.25, -0.2) is 4.79 Å². The second-order valence-corrected chi connectivity index (χ2v) is 13.0. The van der Waals surface area contributed by atoms with E-state index in [2.05, 4.69) is 0 Å². The van der Waals surface area contributed by atoms with E-state index in [0.717, 1.165) is 13.0 Å². The van der Waals surface area contributed by atoms with Gasteiger partial charge in [0.1, 0.15) is 42.2 Å². The van der Waals surface area contributed by atoms with Gasteiger partial charge >= 0.3 is 11.9 Å². The van der Waals surface area contributed by atoms with Gasteiger partial charge in [-0.2, -0.15) is 0 Å². The van der Waals surface area contributed by atoms with Crippen LogP contribution in [0.25, 0.3) is 6.08 Å². The molecule has 4 heterocycles. The molecule has 5 aliphatic rings. The van der Waals surface area contributed by atoms with Crippen LogP contribution in [0.5, 0.6) is 11.5 Å². The number of aliphatic hydroxyl groups excluding tert-OH is 6. The van der Waals surface area contributed by atoms with Crippen LogP contribution in [0.1, 0.15) is 19.4 Å². The molecule has 18 heteroatoms. The van der Waals surface area contributed by atoms with Gasteiger partial charge in [0, 0.05) is 18.9 Å². The van der Waals surface area contributed by atoms with Crippen LogP contribution in [0.4, 0.5) is 0 Å². The summed E-state index contributed by atoms with van der Waals surface area (Å²) in [4.78, 5) is 25.0. The van der Waals surface area contributed by atoms with Crippen LogP contribution in [0.3, 0.4) is 0 Å². The molecule has 0 spiro atoms. The summed E-state index contributed by atoms with van der Waals surface area (Å²) < 4.78 is 51.3. The summed E-state index contributed by atoms with van der Waals surface area (Å²) in [5.74, 6) is -2.90. The number of aromatic hydroxyl groups is 1. The van der Waals surface area contributed by atoms with E-state index in [4.69, 9.17) is 42.6 Å². The van der Waals surface area contributed by atoms with Crippen LogP contribution in [0.15, 0.2) is 36.6 Å². The average molecular weight is 727 g/mol. The predicted molar refractivity (Wildman–Crippen MR) is 165 cm³/mol. The van der Waals surface area contributed by atoms with Gasteiger partial charge in [-0.15, -0.1) is 0 Å². The number of hydrogen-bond donors (Lipinski definition) is 7. The van der Waals surface area contributed by atoms with Gasteiger partial charge in [0.2, 0.25) is 6.29 Å². The summed E-state index contributed by atoms with van der Waals surface area (Å²) in [7, 11) is 1.38. The van der Waals surface area contributed by atoms with E-state index in [1.54, 1.807) is 12.1 Å². The molecular weight excluding hydrogens is 684 g/mol. The van der Waals surface area contributed by atoms with Gasteiger partial charge in [-0.05, 0) is 36.8 Å². The quantitative estimate of drug-likeness (QED) is 0.0726. The second-order valence-electron chi connectivity index (χ2n) is 13.0. The Hall–Kier alpha value is -3.40. The molecule has 1 aliphatic carbocycles. The van der Waals surface area contributed by atoms with Crippen molar-refractivity contribution >= 4 is 18.0 Å². The summed E-state index contributed by atoms with van der Waals surface area (Å²) in [6, 6.07) is 4.43. The van der Waals surface area contributed by atoms with Gasteiger partial charge in [0.25, 0.3) is 0 Å². The number of fused-ring (bicyclic) bond motifs is 3. The maximum Gasteiger partial charge on any atom is 0.331 e. The summed E-state index contributed by atoms with van der Waals surface area (Å²) in [6.07, 6.45) is -12.0. The number of carbonyl (C=O) groups is 2. The van der Waals surface area contributed by atoms with Gasteiger partial charge in [0.15, 0.2) is 36.3 Å². The van der Waals surface area contributed by atoms with Crippen molar-refractivity contribution in [2.75, 3.05) is 20.3 Å². The van der Waals surface area contributed by atoms with E-state index in [0.29, 0.717) is 5.56 Å². The molecule has 1 saturated carbocycles. The Labute approximate surface area is 291 Å². The topological polar surface area (TPSA) is 262 Å². The molecule has 0 bridgehead atoms. The first-order chi connectivity index (χ1) is 24.3. The first-order valence-corrected chi connectivity index (χ1v) is 16.3. The molecule has 7 N–H and O–H groups in total. The van der Waals surface area contributed by atoms with Gasteiger partial charge in [-0.1, -0.05) is 6.07 Å². The number of aliphatic hydroxyl groups is 6. The number of ether oxygens (including phenoxy) is 9. The predicted octanol–water partition coefficient (Wildman–Crippen LogP) is -2.19. The first kappa shape index (κ1) is 37.4. The zero-order chi connectivity index (χ0) is 36.8. The van der Waals surface area contributed by atoms with E-state index < -0.39 is 122 Å². The molecule has 4 fully saturated rings. The highest BCUT2D eigenvalue weighted by Gasteiger charge is 2.77. The maximum absolute atomic E-state index is 12.9. The fourth-order valence-electron chi connectivity index (χ4n) is 7.19. The molecule has 282 valence electrons. The molecule has 16 unspecified atom stereocenters. The number of benzene rings is 1. The lowest BCUT2D eigenvalue weighted by Gasteiger charge is -2.44. The smallest absolute Gasteiger partial charge is 0.331 e. The molecule has 3 saturated heterocycles. The normalized spacial score (nSPS) is 42.8. The van der Waals surface area contributed by atoms with Gasteiger partial charge < -0.3 is 78.4 Å². The van der Waals surface area contributed by atoms with E-state index in [-0.39, 0.29) is 11.5 Å². The van der Waals surface area contributed by atoms with Crippen molar-refractivity contribution in [2.45, 2.75) is 99.4 Å². The van der Waals surface area contributed by atoms with Crippen LogP contribution in [-0.4, -0.2) is 154 Å². The number of phenolic OH excluding ortho intramolecular Hbond substituents is 1. The standard InChI is InChI=1S/C33H42O18/c1-13-26(48-20(38)7-5-15-4-6-17(37)18(10-15)43-3)28(46-14(2)36)25(42)32(45-13)49-27-16-8-9-44-30(21(16)33(12-35)29(27)51-33)50-31-24(41)23(40)22(39)19(11-34)47-31/h4-10,13,16,19,21-32,34-35,37,39-42H,11-12H2,1-3H3. The molecule has 0 aromatic heterocycles. The average Bonchev–Trinajstić information content (AvgIpc) is 3.78. The lowest BCUT2D eigenvalue weighted by molar-refractivity contribution is -0.347. The van der Waals surface area contributed by atoms with Gasteiger partial charge in [-0.3, -0.25) is 4.79 Å². The van der Waals surface area contributed by atoms with Crippen LogP contribution in [0.2, 0.25) is 0 Å². The van der Waals surface area contributed by atoms with E-state index in [9.17, 15) is 45.3 Å². The third-order valence-corrected chi connectivity index (χ3v) is 9.81. The number of carbonyl (C=O) groups excluding carboxylic acids is 2. The minimum absolute atomic E-state index is 0.0853. The minimum Gasteiger partial charge on any atom is -0.504 e. The lowest BCUT2D eigenvalue weighted by Crippen LogP contribution is -2.61. The van der Waals surface area contributed by atoms with Crippen LogP contribution >= 0.6 is 0 Å². The zero-order valence-corrected chi connectivity index (χ0v) is 27.7. The molecule has 1 aromatic rings. The largest absolute Gasteiger partial charge is 0.504 e.